The molecule has 1 rings (SSSR count). The number of allylic oxidation sites excluding steroid dienone is 2. The molecule has 1 aliphatic rings. The maximum absolute atomic E-state index is 6.00. The number of hydrogen-bond acceptors (Lipinski definition) is 2. The molecule has 0 bridgehead atoms. The number of hydrogen-bond donors (Lipinski definition) is 0. The number of rotatable bonds is 4. The molecular weight excluding hydrogens is 319 g/mol. The van der Waals surface area contributed by atoms with Crippen LogP contribution in [0.2, 0.25) is 0 Å². The zero-order valence-corrected chi connectivity index (χ0v) is 11.2. The van der Waals surface area contributed by atoms with Crippen LogP contribution in [0.1, 0.15) is 19.8 Å². The first-order valence-electron chi connectivity index (χ1n) is 4.26. The van der Waals surface area contributed by atoms with Gasteiger partial charge in [-0.2, -0.15) is 0 Å². The van der Waals surface area contributed by atoms with Crippen LogP contribution in [0, 0.1) is 0 Å². The smallest absolute Gasteiger partial charge is 0.134 e. The van der Waals surface area contributed by atoms with Crippen molar-refractivity contribution in [3.05, 3.63) is 22.9 Å². The highest BCUT2D eigenvalue weighted by atomic mass is 127. The van der Waals surface area contributed by atoms with Crippen LogP contribution in [-0.2, 0) is 4.74 Å². The minimum atomic E-state index is 0.509. The van der Waals surface area contributed by atoms with E-state index in [-0.39, 0.29) is 0 Å². The average Bonchev–Trinajstić information content (AvgIpc) is 2.17. The average molecular weight is 331 g/mol. The molecule has 0 aromatic heterocycles. The molecule has 0 aliphatic heterocycles. The van der Waals surface area contributed by atoms with E-state index in [1.807, 2.05) is 6.08 Å². The molecule has 0 aromatic carbocycles. The van der Waals surface area contributed by atoms with Crippen LogP contribution in [-0.4, -0.2) is 11.9 Å². The zero-order chi connectivity index (χ0) is 9.68. The maximum atomic E-state index is 6.00. The lowest BCUT2D eigenvalue weighted by Crippen LogP contribution is -2.05. The molecule has 4 heteroatoms. The topological polar surface area (TPSA) is 9.23 Å². The Labute approximate surface area is 101 Å². The van der Waals surface area contributed by atoms with Crippen molar-refractivity contribution in [3.8, 4) is 0 Å². The fourth-order valence-corrected chi connectivity index (χ4v) is 2.64. The lowest BCUT2D eigenvalue weighted by molar-refractivity contribution is 0.221. The van der Waals surface area contributed by atoms with Crippen molar-refractivity contribution >= 4 is 41.7 Å². The standard InChI is InChI=1S/C9H12ClIOS/c1-2-5-12-9-6-7(13-11)3-4-8(9)10/h4,6-7H,2-3,5H2,1H3. The third kappa shape index (κ3) is 3.72. The van der Waals surface area contributed by atoms with Gasteiger partial charge in [0.15, 0.2) is 0 Å². The summed E-state index contributed by atoms with van der Waals surface area (Å²) in [6.45, 7) is 2.83. The maximum Gasteiger partial charge on any atom is 0.134 e. The quantitative estimate of drug-likeness (QED) is 0.712. The van der Waals surface area contributed by atoms with Crippen molar-refractivity contribution < 1.29 is 4.74 Å². The Bertz CT molecular complexity index is 228. The van der Waals surface area contributed by atoms with E-state index < -0.39 is 0 Å². The van der Waals surface area contributed by atoms with Gasteiger partial charge >= 0.3 is 0 Å². The summed E-state index contributed by atoms with van der Waals surface area (Å²) < 4.78 is 5.52. The van der Waals surface area contributed by atoms with Gasteiger partial charge in [-0.3, -0.25) is 0 Å². The molecule has 1 unspecified atom stereocenters. The summed E-state index contributed by atoms with van der Waals surface area (Å²) in [5.41, 5.74) is 0. The van der Waals surface area contributed by atoms with Gasteiger partial charge in [-0.25, -0.2) is 0 Å². The Morgan fingerprint density at radius 2 is 2.54 bits per heavy atom. The fraction of sp³-hybridized carbons (Fsp3) is 0.556. The van der Waals surface area contributed by atoms with E-state index in [2.05, 4.69) is 34.2 Å². The van der Waals surface area contributed by atoms with Gasteiger partial charge in [0.1, 0.15) is 5.76 Å². The molecule has 1 atom stereocenters. The molecule has 0 spiro atoms. The Morgan fingerprint density at radius 3 is 3.15 bits per heavy atom. The largest absolute Gasteiger partial charge is 0.492 e. The fourth-order valence-electron chi connectivity index (χ4n) is 1.03. The first-order chi connectivity index (χ1) is 6.27. The molecule has 0 amide bonds. The molecule has 0 saturated heterocycles. The molecule has 1 nitrogen and oxygen atoms in total. The van der Waals surface area contributed by atoms with Gasteiger partial charge in [-0.05, 0) is 40.1 Å². The summed E-state index contributed by atoms with van der Waals surface area (Å²) in [5.74, 6) is 0.851. The highest BCUT2D eigenvalue weighted by Gasteiger charge is 2.14. The summed E-state index contributed by atoms with van der Waals surface area (Å²) in [6, 6.07) is 0. The van der Waals surface area contributed by atoms with E-state index in [0.717, 1.165) is 30.2 Å². The zero-order valence-electron chi connectivity index (χ0n) is 7.43. The van der Waals surface area contributed by atoms with Crippen molar-refractivity contribution in [2.75, 3.05) is 6.61 Å². The van der Waals surface area contributed by atoms with Gasteiger partial charge in [0, 0.05) is 5.25 Å². The normalized spacial score (nSPS) is 22.2. The molecule has 0 saturated carbocycles. The van der Waals surface area contributed by atoms with Gasteiger partial charge in [-0.15, -0.1) is 0 Å². The lowest BCUT2D eigenvalue weighted by Gasteiger charge is -2.16. The van der Waals surface area contributed by atoms with Crippen LogP contribution in [0.3, 0.4) is 0 Å². The minimum absolute atomic E-state index is 0.509. The molecule has 1 aliphatic carbocycles. The summed E-state index contributed by atoms with van der Waals surface area (Å²) in [5, 5.41) is 1.27. The summed E-state index contributed by atoms with van der Waals surface area (Å²) in [7, 11) is 1.80. The molecule has 0 radical (unpaired) electrons. The summed E-state index contributed by atoms with van der Waals surface area (Å²) >= 11 is 8.30. The Kier molecular flexibility index (Phi) is 5.58. The van der Waals surface area contributed by atoms with E-state index in [0.29, 0.717) is 5.25 Å². The van der Waals surface area contributed by atoms with E-state index in [1.165, 1.54) is 0 Å². The van der Waals surface area contributed by atoms with E-state index in [4.69, 9.17) is 16.3 Å². The van der Waals surface area contributed by atoms with Gasteiger partial charge in [0.2, 0.25) is 0 Å². The molecule has 0 N–H and O–H groups in total. The Morgan fingerprint density at radius 1 is 1.77 bits per heavy atom. The SMILES string of the molecule is CCCOC1=CC(SI)CC=C1Cl. The second-order valence-electron chi connectivity index (χ2n) is 2.79. The van der Waals surface area contributed by atoms with Gasteiger partial charge in [0.25, 0.3) is 0 Å². The number of halogens is 2. The predicted octanol–water partition coefficient (Wildman–Crippen LogP) is 4.28. The number of ether oxygens (including phenoxy) is 1. The summed E-state index contributed by atoms with van der Waals surface area (Å²) in [6.07, 6.45) is 6.16. The van der Waals surface area contributed by atoms with Crippen molar-refractivity contribution in [1.29, 1.82) is 0 Å². The Hall–Kier alpha value is 0.650. The van der Waals surface area contributed by atoms with Crippen LogP contribution in [0.25, 0.3) is 0 Å². The second-order valence-corrected chi connectivity index (χ2v) is 5.51. The van der Waals surface area contributed by atoms with Crippen molar-refractivity contribution in [3.63, 3.8) is 0 Å². The molecule has 13 heavy (non-hydrogen) atoms. The molecule has 74 valence electrons. The van der Waals surface area contributed by atoms with Crippen molar-refractivity contribution in [2.24, 2.45) is 0 Å². The summed E-state index contributed by atoms with van der Waals surface area (Å²) in [4.78, 5) is 0. The molecular formula is C9H12ClIOS. The minimum Gasteiger partial charge on any atom is -0.492 e. The Balaban J connectivity index is 2.56. The molecule has 0 heterocycles. The third-order valence-corrected chi connectivity index (χ3v) is 4.54. The first kappa shape index (κ1) is 11.7. The second kappa shape index (κ2) is 6.19. The molecule has 0 aromatic rings. The van der Waals surface area contributed by atoms with Crippen molar-refractivity contribution in [1.82, 2.24) is 0 Å². The predicted molar refractivity (Wildman–Crippen MR) is 68.3 cm³/mol. The first-order valence-corrected chi connectivity index (χ1v) is 8.06. The van der Waals surface area contributed by atoms with Crippen LogP contribution in [0.15, 0.2) is 22.9 Å². The van der Waals surface area contributed by atoms with E-state index in [1.54, 1.807) is 8.93 Å². The van der Waals surface area contributed by atoms with Crippen LogP contribution in [0.4, 0.5) is 0 Å². The van der Waals surface area contributed by atoms with Crippen LogP contribution in [0.5, 0.6) is 0 Å². The highest BCUT2D eigenvalue weighted by Crippen LogP contribution is 2.32. The van der Waals surface area contributed by atoms with Gasteiger partial charge < -0.3 is 4.74 Å². The van der Waals surface area contributed by atoms with Gasteiger partial charge in [-0.1, -0.05) is 33.5 Å². The monoisotopic (exact) mass is 330 g/mol. The van der Waals surface area contributed by atoms with Crippen LogP contribution >= 0.6 is 41.7 Å². The molecule has 0 fully saturated rings. The highest BCUT2D eigenvalue weighted by molar-refractivity contribution is 14.2. The van der Waals surface area contributed by atoms with E-state index >= 15 is 0 Å². The third-order valence-electron chi connectivity index (χ3n) is 1.68. The van der Waals surface area contributed by atoms with Gasteiger partial charge in [0.05, 0.1) is 11.6 Å². The van der Waals surface area contributed by atoms with Crippen LogP contribution < -0.4 is 0 Å². The van der Waals surface area contributed by atoms with Crippen molar-refractivity contribution in [2.45, 2.75) is 25.0 Å². The van der Waals surface area contributed by atoms with E-state index in [9.17, 15) is 0 Å². The lowest BCUT2D eigenvalue weighted by atomic mass is 10.1.